The molecule has 0 bridgehead atoms. The van der Waals surface area contributed by atoms with Crippen molar-refractivity contribution in [1.29, 1.82) is 0 Å². The van der Waals surface area contributed by atoms with E-state index in [1.165, 1.54) is 11.3 Å². The van der Waals surface area contributed by atoms with Crippen molar-refractivity contribution in [1.82, 2.24) is 19.7 Å². The van der Waals surface area contributed by atoms with E-state index < -0.39 is 5.41 Å². The van der Waals surface area contributed by atoms with Crippen molar-refractivity contribution in [3.63, 3.8) is 0 Å². The number of nitrogens with one attached hydrogen (secondary N) is 1. The van der Waals surface area contributed by atoms with E-state index in [9.17, 15) is 4.79 Å². The van der Waals surface area contributed by atoms with E-state index in [-0.39, 0.29) is 5.91 Å². The van der Waals surface area contributed by atoms with Gasteiger partial charge in [0, 0.05) is 26.6 Å². The van der Waals surface area contributed by atoms with Gasteiger partial charge in [0.05, 0.1) is 12.0 Å². The predicted octanol–water partition coefficient (Wildman–Crippen LogP) is 1.55. The normalized spacial score (nSPS) is 11.6. The quantitative estimate of drug-likeness (QED) is 0.905. The molecule has 20 heavy (non-hydrogen) atoms. The highest BCUT2D eigenvalue weighted by molar-refractivity contribution is 7.18. The minimum atomic E-state index is -0.621. The zero-order valence-corrected chi connectivity index (χ0v) is 12.7. The predicted molar refractivity (Wildman–Crippen MR) is 76.4 cm³/mol. The van der Waals surface area contributed by atoms with Gasteiger partial charge < -0.3 is 9.30 Å². The van der Waals surface area contributed by atoms with E-state index in [2.05, 4.69) is 20.5 Å². The third kappa shape index (κ3) is 3.02. The molecule has 0 aliphatic rings. The maximum absolute atomic E-state index is 12.1. The Morgan fingerprint density at radius 1 is 1.50 bits per heavy atom. The molecule has 0 radical (unpaired) electrons. The molecule has 0 atom stereocenters. The molecule has 0 fully saturated rings. The highest BCUT2D eigenvalue weighted by atomic mass is 32.1. The van der Waals surface area contributed by atoms with Crippen molar-refractivity contribution in [2.24, 2.45) is 12.5 Å². The molecule has 7 nitrogen and oxygen atoms in total. The first kappa shape index (κ1) is 14.6. The Morgan fingerprint density at radius 3 is 2.85 bits per heavy atom. The third-order valence-corrected chi connectivity index (χ3v) is 3.61. The van der Waals surface area contributed by atoms with Gasteiger partial charge in [-0.1, -0.05) is 11.3 Å². The second-order valence-electron chi connectivity index (χ2n) is 5.05. The summed E-state index contributed by atoms with van der Waals surface area (Å²) in [6, 6.07) is 0. The fraction of sp³-hybridized carbons (Fsp3) is 0.500. The van der Waals surface area contributed by atoms with Crippen molar-refractivity contribution in [2.45, 2.75) is 13.8 Å². The van der Waals surface area contributed by atoms with Crippen molar-refractivity contribution >= 4 is 22.4 Å². The lowest BCUT2D eigenvalue weighted by Crippen LogP contribution is -2.34. The van der Waals surface area contributed by atoms with Gasteiger partial charge in [-0.25, -0.2) is 4.98 Å². The standard InChI is InChI=1S/C12H17N5O2S/c1-12(2,7-19-4)10(18)14-11-16-15-9(20-11)8-13-5-6-17(8)3/h5-6H,7H2,1-4H3,(H,14,16,18). The van der Waals surface area contributed by atoms with Gasteiger partial charge in [-0.2, -0.15) is 0 Å². The van der Waals surface area contributed by atoms with Crippen LogP contribution in [0.3, 0.4) is 0 Å². The topological polar surface area (TPSA) is 81.9 Å². The van der Waals surface area contributed by atoms with Crippen LogP contribution in [0, 0.1) is 5.41 Å². The van der Waals surface area contributed by atoms with Crippen molar-refractivity contribution in [3.05, 3.63) is 12.4 Å². The lowest BCUT2D eigenvalue weighted by molar-refractivity contribution is -0.126. The Kier molecular flexibility index (Phi) is 4.15. The molecule has 0 aliphatic heterocycles. The number of carbonyl (C=O) groups excluding carboxylic acids is 1. The van der Waals surface area contributed by atoms with Crippen molar-refractivity contribution < 1.29 is 9.53 Å². The number of imidazole rings is 1. The minimum Gasteiger partial charge on any atom is -0.384 e. The summed E-state index contributed by atoms with van der Waals surface area (Å²) in [7, 11) is 3.45. The number of hydrogen-bond donors (Lipinski definition) is 1. The van der Waals surface area contributed by atoms with Crippen LogP contribution in [0.25, 0.3) is 10.8 Å². The van der Waals surface area contributed by atoms with Crippen LogP contribution >= 0.6 is 11.3 Å². The number of amides is 1. The molecule has 0 saturated carbocycles. The van der Waals surface area contributed by atoms with Crippen LogP contribution in [-0.4, -0.2) is 39.4 Å². The lowest BCUT2D eigenvalue weighted by atomic mass is 9.94. The SMILES string of the molecule is COCC(C)(C)C(=O)Nc1nnc(-c2nccn2C)s1. The zero-order chi connectivity index (χ0) is 14.8. The molecule has 2 aromatic rings. The maximum Gasteiger partial charge on any atom is 0.234 e. The molecule has 2 aromatic heterocycles. The van der Waals surface area contributed by atoms with Crippen LogP contribution in [0.2, 0.25) is 0 Å². The molecule has 2 rings (SSSR count). The van der Waals surface area contributed by atoms with Crippen LogP contribution in [-0.2, 0) is 16.6 Å². The second-order valence-corrected chi connectivity index (χ2v) is 6.02. The van der Waals surface area contributed by atoms with E-state index in [0.29, 0.717) is 16.7 Å². The summed E-state index contributed by atoms with van der Waals surface area (Å²) < 4.78 is 6.89. The summed E-state index contributed by atoms with van der Waals surface area (Å²) in [6.45, 7) is 3.96. The van der Waals surface area contributed by atoms with E-state index >= 15 is 0 Å². The van der Waals surface area contributed by atoms with Gasteiger partial charge in [0.25, 0.3) is 0 Å². The van der Waals surface area contributed by atoms with Crippen LogP contribution in [0.1, 0.15) is 13.8 Å². The van der Waals surface area contributed by atoms with E-state index in [1.807, 2.05) is 31.7 Å². The first-order valence-electron chi connectivity index (χ1n) is 6.05. The summed E-state index contributed by atoms with van der Waals surface area (Å²) in [5.74, 6) is 0.570. The summed E-state index contributed by atoms with van der Waals surface area (Å²) in [5.41, 5.74) is -0.621. The molecular formula is C12H17N5O2S. The molecule has 1 amide bonds. The number of hydrogen-bond acceptors (Lipinski definition) is 6. The summed E-state index contributed by atoms with van der Waals surface area (Å²) in [6.07, 6.45) is 3.52. The first-order valence-corrected chi connectivity index (χ1v) is 6.87. The van der Waals surface area contributed by atoms with E-state index in [0.717, 1.165) is 5.82 Å². The van der Waals surface area contributed by atoms with Crippen LogP contribution in [0.5, 0.6) is 0 Å². The molecule has 0 unspecified atom stereocenters. The number of nitrogens with zero attached hydrogens (tertiary/aromatic N) is 4. The number of anilines is 1. The van der Waals surface area contributed by atoms with Crippen LogP contribution < -0.4 is 5.32 Å². The van der Waals surface area contributed by atoms with E-state index in [1.54, 1.807) is 13.3 Å². The molecule has 0 aliphatic carbocycles. The number of aryl methyl sites for hydroxylation is 1. The average Bonchev–Trinajstić information content (AvgIpc) is 2.97. The molecule has 0 spiro atoms. The van der Waals surface area contributed by atoms with E-state index in [4.69, 9.17) is 4.74 Å². The number of methoxy groups -OCH3 is 1. The van der Waals surface area contributed by atoms with Gasteiger partial charge in [0.15, 0.2) is 10.8 Å². The lowest BCUT2D eigenvalue weighted by Gasteiger charge is -2.21. The fourth-order valence-electron chi connectivity index (χ4n) is 1.63. The monoisotopic (exact) mass is 295 g/mol. The minimum absolute atomic E-state index is 0.151. The Bertz CT molecular complexity index is 605. The van der Waals surface area contributed by atoms with Crippen molar-refractivity contribution in [2.75, 3.05) is 19.0 Å². The third-order valence-electron chi connectivity index (χ3n) is 2.78. The Morgan fingerprint density at radius 2 is 2.25 bits per heavy atom. The maximum atomic E-state index is 12.1. The first-order chi connectivity index (χ1) is 9.44. The Labute approximate surface area is 121 Å². The average molecular weight is 295 g/mol. The molecule has 8 heteroatoms. The second kappa shape index (κ2) is 5.68. The van der Waals surface area contributed by atoms with Gasteiger partial charge in [0.1, 0.15) is 0 Å². The molecule has 1 N–H and O–H groups in total. The van der Waals surface area contributed by atoms with Gasteiger partial charge in [-0.3, -0.25) is 10.1 Å². The molecule has 0 aromatic carbocycles. The Balaban J connectivity index is 2.11. The van der Waals surface area contributed by atoms with Gasteiger partial charge >= 0.3 is 0 Å². The van der Waals surface area contributed by atoms with Crippen LogP contribution in [0.15, 0.2) is 12.4 Å². The van der Waals surface area contributed by atoms with Crippen LogP contribution in [0.4, 0.5) is 5.13 Å². The summed E-state index contributed by atoms with van der Waals surface area (Å²) >= 11 is 1.29. The number of rotatable bonds is 5. The van der Waals surface area contributed by atoms with Crippen molar-refractivity contribution in [3.8, 4) is 10.8 Å². The molecule has 2 heterocycles. The largest absolute Gasteiger partial charge is 0.384 e. The zero-order valence-electron chi connectivity index (χ0n) is 11.9. The molecular weight excluding hydrogens is 278 g/mol. The number of carbonyl (C=O) groups is 1. The fourth-order valence-corrected chi connectivity index (χ4v) is 2.41. The smallest absolute Gasteiger partial charge is 0.234 e. The summed E-state index contributed by atoms with van der Waals surface area (Å²) in [4.78, 5) is 16.3. The number of ether oxygens (including phenoxy) is 1. The molecule has 0 saturated heterocycles. The molecule has 108 valence electrons. The highest BCUT2D eigenvalue weighted by Gasteiger charge is 2.28. The Hall–Kier alpha value is -1.80. The number of aromatic nitrogens is 4. The summed E-state index contributed by atoms with van der Waals surface area (Å²) in [5, 5.41) is 11.9. The highest BCUT2D eigenvalue weighted by Crippen LogP contribution is 2.26. The van der Waals surface area contributed by atoms with Gasteiger partial charge in [0.2, 0.25) is 11.0 Å². The van der Waals surface area contributed by atoms with Gasteiger partial charge in [-0.15, -0.1) is 10.2 Å². The van der Waals surface area contributed by atoms with Gasteiger partial charge in [-0.05, 0) is 13.8 Å².